The first-order valence-electron chi connectivity index (χ1n) is 11.1. The van der Waals surface area contributed by atoms with Crippen LogP contribution in [0.3, 0.4) is 0 Å². The van der Waals surface area contributed by atoms with E-state index >= 15 is 0 Å². The maximum absolute atomic E-state index is 11.7. The summed E-state index contributed by atoms with van der Waals surface area (Å²) in [6.45, 7) is 8.88. The van der Waals surface area contributed by atoms with Gasteiger partial charge in [0.1, 0.15) is 0 Å². The van der Waals surface area contributed by atoms with Crippen LogP contribution in [0.1, 0.15) is 58.8 Å². The van der Waals surface area contributed by atoms with Gasteiger partial charge < -0.3 is 30.2 Å². The lowest BCUT2D eigenvalue weighted by atomic mass is 10.2. The summed E-state index contributed by atoms with van der Waals surface area (Å²) >= 11 is 0. The van der Waals surface area contributed by atoms with Gasteiger partial charge >= 0.3 is 0 Å². The highest BCUT2D eigenvalue weighted by Crippen LogP contribution is 1.91. The number of rotatable bonds is 21. The van der Waals surface area contributed by atoms with E-state index < -0.39 is 0 Å². The van der Waals surface area contributed by atoms with E-state index in [9.17, 15) is 14.4 Å². The van der Waals surface area contributed by atoms with Gasteiger partial charge in [-0.2, -0.15) is 0 Å². The minimum atomic E-state index is -0.114. The minimum absolute atomic E-state index is 0.0583. The van der Waals surface area contributed by atoms with Gasteiger partial charge in [-0.05, 0) is 19.3 Å². The smallest absolute Gasteiger partial charge is 0.220 e. The van der Waals surface area contributed by atoms with Crippen LogP contribution in [-0.4, -0.2) is 77.0 Å². The molecule has 0 unspecified atom stereocenters. The molecular formula is C21H41N3O6. The molecule has 0 rings (SSSR count). The standard InChI is InChI=1S/C21H41N3O6/c1-3-5-10-23-20(26)8-9-21(27)24-12-7-14-29-16-18-30-17-15-28-13-6-11-22-19(25)4-2/h3-18H2,1-2H3,(H,22,25)(H,23,26)(H,24,27). The molecule has 0 spiro atoms. The third kappa shape index (κ3) is 21.0. The molecular weight excluding hydrogens is 390 g/mol. The Morgan fingerprint density at radius 3 is 1.40 bits per heavy atom. The van der Waals surface area contributed by atoms with Gasteiger partial charge in [0.2, 0.25) is 17.7 Å². The Morgan fingerprint density at radius 2 is 0.967 bits per heavy atom. The molecule has 9 heteroatoms. The van der Waals surface area contributed by atoms with Gasteiger partial charge in [0, 0.05) is 52.1 Å². The molecule has 0 atom stereocenters. The van der Waals surface area contributed by atoms with Crippen LogP contribution in [0.15, 0.2) is 0 Å². The molecule has 0 aliphatic carbocycles. The Labute approximate surface area is 181 Å². The average Bonchev–Trinajstić information content (AvgIpc) is 2.74. The number of amides is 3. The molecule has 0 aromatic carbocycles. The van der Waals surface area contributed by atoms with Crippen LogP contribution in [-0.2, 0) is 28.6 Å². The molecule has 3 N–H and O–H groups in total. The van der Waals surface area contributed by atoms with E-state index in [0.29, 0.717) is 72.1 Å². The largest absolute Gasteiger partial charge is 0.379 e. The zero-order valence-electron chi connectivity index (χ0n) is 18.8. The number of hydrogen-bond acceptors (Lipinski definition) is 6. The third-order valence-corrected chi connectivity index (χ3v) is 4.07. The van der Waals surface area contributed by atoms with Crippen LogP contribution >= 0.6 is 0 Å². The van der Waals surface area contributed by atoms with E-state index in [1.54, 1.807) is 0 Å². The molecule has 0 saturated carbocycles. The summed E-state index contributed by atoms with van der Waals surface area (Å²) in [7, 11) is 0. The average molecular weight is 432 g/mol. The zero-order valence-corrected chi connectivity index (χ0v) is 18.8. The van der Waals surface area contributed by atoms with E-state index in [1.165, 1.54) is 0 Å². The second kappa shape index (κ2) is 22.0. The number of hydrogen-bond donors (Lipinski definition) is 3. The van der Waals surface area contributed by atoms with Crippen LogP contribution in [0.4, 0.5) is 0 Å². The topological polar surface area (TPSA) is 115 Å². The van der Waals surface area contributed by atoms with Gasteiger partial charge in [0.25, 0.3) is 0 Å². The highest BCUT2D eigenvalue weighted by molar-refractivity contribution is 5.83. The number of carbonyl (C=O) groups excluding carboxylic acids is 3. The van der Waals surface area contributed by atoms with Crippen LogP contribution in [0.2, 0.25) is 0 Å². The molecule has 0 bridgehead atoms. The SMILES string of the molecule is CCCCNC(=O)CCC(=O)NCCCOCCOCCOCCCNC(=O)CC. The molecule has 0 aromatic heterocycles. The first kappa shape index (κ1) is 28.3. The van der Waals surface area contributed by atoms with Crippen molar-refractivity contribution < 1.29 is 28.6 Å². The molecule has 0 aliphatic heterocycles. The fourth-order valence-corrected chi connectivity index (χ4v) is 2.28. The Bertz CT molecular complexity index is 448. The summed E-state index contributed by atoms with van der Waals surface area (Å²) in [5, 5.41) is 8.37. The van der Waals surface area contributed by atoms with Gasteiger partial charge in [-0.3, -0.25) is 14.4 Å². The van der Waals surface area contributed by atoms with Crippen molar-refractivity contribution in [3.63, 3.8) is 0 Å². The highest BCUT2D eigenvalue weighted by Gasteiger charge is 2.05. The second-order valence-corrected chi connectivity index (χ2v) is 6.80. The Morgan fingerprint density at radius 1 is 0.567 bits per heavy atom. The molecule has 3 amide bonds. The summed E-state index contributed by atoms with van der Waals surface area (Å²) in [4.78, 5) is 34.2. The van der Waals surface area contributed by atoms with E-state index in [4.69, 9.17) is 14.2 Å². The van der Waals surface area contributed by atoms with Gasteiger partial charge in [0.05, 0.1) is 26.4 Å². The molecule has 0 saturated heterocycles. The first-order valence-corrected chi connectivity index (χ1v) is 11.1. The van der Waals surface area contributed by atoms with Gasteiger partial charge in [-0.15, -0.1) is 0 Å². The van der Waals surface area contributed by atoms with Crippen molar-refractivity contribution in [2.75, 3.05) is 59.3 Å². The summed E-state index contributed by atoms with van der Waals surface area (Å²) in [6.07, 6.45) is 4.43. The number of unbranched alkanes of at least 4 members (excludes halogenated alkanes) is 1. The predicted molar refractivity (Wildman–Crippen MR) is 115 cm³/mol. The fourth-order valence-electron chi connectivity index (χ4n) is 2.28. The molecule has 30 heavy (non-hydrogen) atoms. The maximum Gasteiger partial charge on any atom is 0.220 e. The highest BCUT2D eigenvalue weighted by atomic mass is 16.5. The first-order chi connectivity index (χ1) is 14.6. The summed E-state index contributed by atoms with van der Waals surface area (Å²) in [5.41, 5.74) is 0. The number of ether oxygens (including phenoxy) is 3. The van der Waals surface area contributed by atoms with Crippen molar-refractivity contribution in [2.45, 2.75) is 58.8 Å². The molecule has 9 nitrogen and oxygen atoms in total. The Balaban J connectivity index is 3.24. The fraction of sp³-hybridized carbons (Fsp3) is 0.857. The summed E-state index contributed by atoms with van der Waals surface area (Å²) in [6, 6.07) is 0. The van der Waals surface area contributed by atoms with Crippen molar-refractivity contribution in [2.24, 2.45) is 0 Å². The van der Waals surface area contributed by atoms with Crippen molar-refractivity contribution in [1.82, 2.24) is 16.0 Å². The minimum Gasteiger partial charge on any atom is -0.379 e. The molecule has 0 aromatic rings. The number of nitrogens with one attached hydrogen (secondary N) is 3. The van der Waals surface area contributed by atoms with Crippen LogP contribution < -0.4 is 16.0 Å². The summed E-state index contributed by atoms with van der Waals surface area (Å²) < 4.78 is 16.3. The molecule has 176 valence electrons. The summed E-state index contributed by atoms with van der Waals surface area (Å²) in [5.74, 6) is -0.132. The van der Waals surface area contributed by atoms with Crippen molar-refractivity contribution >= 4 is 17.7 Å². The van der Waals surface area contributed by atoms with E-state index in [1.807, 2.05) is 6.92 Å². The Kier molecular flexibility index (Phi) is 20.7. The van der Waals surface area contributed by atoms with Crippen LogP contribution in [0.5, 0.6) is 0 Å². The van der Waals surface area contributed by atoms with Crippen molar-refractivity contribution in [1.29, 1.82) is 0 Å². The third-order valence-electron chi connectivity index (χ3n) is 4.07. The lowest BCUT2D eigenvalue weighted by molar-refractivity contribution is -0.126. The van der Waals surface area contributed by atoms with Crippen molar-refractivity contribution in [3.05, 3.63) is 0 Å². The van der Waals surface area contributed by atoms with Crippen LogP contribution in [0.25, 0.3) is 0 Å². The van der Waals surface area contributed by atoms with Gasteiger partial charge in [-0.1, -0.05) is 20.3 Å². The van der Waals surface area contributed by atoms with Gasteiger partial charge in [-0.25, -0.2) is 0 Å². The lowest BCUT2D eigenvalue weighted by Crippen LogP contribution is -2.29. The zero-order chi connectivity index (χ0) is 22.3. The predicted octanol–water partition coefficient (Wildman–Crippen LogP) is 1.16. The number of carbonyl (C=O) groups is 3. The van der Waals surface area contributed by atoms with Crippen LogP contribution in [0, 0.1) is 0 Å². The van der Waals surface area contributed by atoms with Gasteiger partial charge in [0.15, 0.2) is 0 Å². The van der Waals surface area contributed by atoms with E-state index in [2.05, 4.69) is 22.9 Å². The van der Waals surface area contributed by atoms with E-state index in [0.717, 1.165) is 19.3 Å². The molecule has 0 heterocycles. The monoisotopic (exact) mass is 431 g/mol. The Hall–Kier alpha value is -1.71. The molecule has 0 aliphatic rings. The maximum atomic E-state index is 11.7. The molecule has 0 fully saturated rings. The normalized spacial score (nSPS) is 10.6. The lowest BCUT2D eigenvalue weighted by Gasteiger charge is -2.08. The molecule has 0 radical (unpaired) electrons. The van der Waals surface area contributed by atoms with E-state index in [-0.39, 0.29) is 30.6 Å². The second-order valence-electron chi connectivity index (χ2n) is 6.80. The quantitative estimate of drug-likeness (QED) is 0.235. The van der Waals surface area contributed by atoms with Crippen molar-refractivity contribution in [3.8, 4) is 0 Å².